The van der Waals surface area contributed by atoms with Crippen molar-refractivity contribution in [3.05, 3.63) is 35.9 Å². The van der Waals surface area contributed by atoms with Gasteiger partial charge in [-0.3, -0.25) is 4.79 Å². The molecule has 1 aromatic rings. The first-order valence-corrected chi connectivity index (χ1v) is 6.84. The van der Waals surface area contributed by atoms with Crippen molar-refractivity contribution in [2.75, 3.05) is 14.2 Å². The van der Waals surface area contributed by atoms with Crippen LogP contribution in [0.2, 0.25) is 0 Å². The largest absolute Gasteiger partial charge is 0.493 e. The molecule has 0 fully saturated rings. The van der Waals surface area contributed by atoms with Crippen molar-refractivity contribution in [1.82, 2.24) is 0 Å². The van der Waals surface area contributed by atoms with E-state index >= 15 is 0 Å². The molecule has 1 rings (SSSR count). The monoisotopic (exact) mass is 292 g/mol. The van der Waals surface area contributed by atoms with Crippen LogP contribution in [0, 0.1) is 0 Å². The van der Waals surface area contributed by atoms with Gasteiger partial charge in [0.15, 0.2) is 11.5 Å². The Morgan fingerprint density at radius 2 is 1.76 bits per heavy atom. The Kier molecular flexibility index (Phi) is 5.82. The molecule has 0 saturated carbocycles. The van der Waals surface area contributed by atoms with E-state index in [9.17, 15) is 4.79 Å². The number of benzene rings is 1. The molecule has 0 heterocycles. The SMILES string of the molecule is C=C(CC(=O)OC(C)(C)C)Cc1ccc(OC)c(OC)c1. The van der Waals surface area contributed by atoms with E-state index in [1.807, 2.05) is 39.0 Å². The molecule has 116 valence electrons. The quantitative estimate of drug-likeness (QED) is 0.594. The fourth-order valence-corrected chi connectivity index (χ4v) is 1.92. The second kappa shape index (κ2) is 7.16. The first kappa shape index (κ1) is 17.1. The number of ether oxygens (including phenoxy) is 3. The minimum Gasteiger partial charge on any atom is -0.493 e. The zero-order chi connectivity index (χ0) is 16.0. The highest BCUT2D eigenvalue weighted by Gasteiger charge is 2.17. The maximum Gasteiger partial charge on any atom is 0.310 e. The molecule has 0 amide bonds. The van der Waals surface area contributed by atoms with E-state index in [0.29, 0.717) is 17.9 Å². The minimum atomic E-state index is -0.472. The summed E-state index contributed by atoms with van der Waals surface area (Å²) in [7, 11) is 3.19. The lowest BCUT2D eigenvalue weighted by Crippen LogP contribution is -2.24. The molecule has 0 aliphatic heterocycles. The molecular weight excluding hydrogens is 268 g/mol. The van der Waals surface area contributed by atoms with E-state index in [2.05, 4.69) is 6.58 Å². The summed E-state index contributed by atoms with van der Waals surface area (Å²) >= 11 is 0. The van der Waals surface area contributed by atoms with Gasteiger partial charge >= 0.3 is 5.97 Å². The van der Waals surface area contributed by atoms with Crippen molar-refractivity contribution < 1.29 is 19.0 Å². The molecule has 0 bridgehead atoms. The molecule has 0 saturated heterocycles. The molecule has 0 spiro atoms. The van der Waals surface area contributed by atoms with Crippen molar-refractivity contribution in [3.8, 4) is 11.5 Å². The molecule has 0 aliphatic carbocycles. The van der Waals surface area contributed by atoms with Gasteiger partial charge in [-0.1, -0.05) is 18.2 Å². The summed E-state index contributed by atoms with van der Waals surface area (Å²) in [6.45, 7) is 9.49. The maximum absolute atomic E-state index is 11.8. The summed E-state index contributed by atoms with van der Waals surface area (Å²) in [6, 6.07) is 5.66. The van der Waals surface area contributed by atoms with Crippen LogP contribution in [0.1, 0.15) is 32.8 Å². The summed E-state index contributed by atoms with van der Waals surface area (Å²) in [5, 5.41) is 0. The molecule has 0 aromatic heterocycles. The van der Waals surface area contributed by atoms with E-state index in [1.54, 1.807) is 14.2 Å². The number of methoxy groups -OCH3 is 2. The van der Waals surface area contributed by atoms with Crippen molar-refractivity contribution in [2.45, 2.75) is 39.2 Å². The van der Waals surface area contributed by atoms with Crippen molar-refractivity contribution in [2.24, 2.45) is 0 Å². The van der Waals surface area contributed by atoms with E-state index in [1.165, 1.54) is 0 Å². The van der Waals surface area contributed by atoms with Gasteiger partial charge in [-0.2, -0.15) is 0 Å². The molecule has 0 N–H and O–H groups in total. The number of carbonyl (C=O) groups excluding carboxylic acids is 1. The van der Waals surface area contributed by atoms with Crippen LogP contribution < -0.4 is 9.47 Å². The van der Waals surface area contributed by atoms with Gasteiger partial charge in [0.25, 0.3) is 0 Å². The molecule has 4 nitrogen and oxygen atoms in total. The summed E-state index contributed by atoms with van der Waals surface area (Å²) in [5.74, 6) is 1.09. The normalized spacial score (nSPS) is 10.9. The predicted molar refractivity (Wildman–Crippen MR) is 82.9 cm³/mol. The van der Waals surface area contributed by atoms with Crippen LogP contribution in [-0.4, -0.2) is 25.8 Å². The van der Waals surface area contributed by atoms with Crippen LogP contribution in [-0.2, 0) is 16.0 Å². The second-order valence-electron chi connectivity index (χ2n) is 5.88. The lowest BCUT2D eigenvalue weighted by Gasteiger charge is -2.19. The van der Waals surface area contributed by atoms with Gasteiger partial charge < -0.3 is 14.2 Å². The first-order valence-electron chi connectivity index (χ1n) is 6.84. The van der Waals surface area contributed by atoms with Gasteiger partial charge in [0.05, 0.1) is 20.6 Å². The van der Waals surface area contributed by atoms with Crippen LogP contribution in [0.3, 0.4) is 0 Å². The topological polar surface area (TPSA) is 44.8 Å². The fraction of sp³-hybridized carbons (Fsp3) is 0.471. The molecule has 1 aromatic carbocycles. The van der Waals surface area contributed by atoms with E-state index in [0.717, 1.165) is 11.1 Å². The van der Waals surface area contributed by atoms with Crippen LogP contribution in [0.4, 0.5) is 0 Å². The highest BCUT2D eigenvalue weighted by molar-refractivity contribution is 5.72. The summed E-state index contributed by atoms with van der Waals surface area (Å²) in [4.78, 5) is 11.8. The number of hydrogen-bond donors (Lipinski definition) is 0. The first-order chi connectivity index (χ1) is 9.75. The molecule has 0 atom stereocenters. The average Bonchev–Trinajstić information content (AvgIpc) is 2.35. The molecule has 0 unspecified atom stereocenters. The van der Waals surface area contributed by atoms with E-state index in [4.69, 9.17) is 14.2 Å². The van der Waals surface area contributed by atoms with Gasteiger partial charge in [-0.05, 0) is 44.9 Å². The Hall–Kier alpha value is -1.97. The Morgan fingerprint density at radius 1 is 1.14 bits per heavy atom. The summed E-state index contributed by atoms with van der Waals surface area (Å²) in [6.07, 6.45) is 0.811. The third-order valence-electron chi connectivity index (χ3n) is 2.72. The van der Waals surface area contributed by atoms with Crippen LogP contribution in [0.15, 0.2) is 30.4 Å². The lowest BCUT2D eigenvalue weighted by molar-refractivity contribution is -0.153. The third-order valence-corrected chi connectivity index (χ3v) is 2.72. The smallest absolute Gasteiger partial charge is 0.310 e. The van der Waals surface area contributed by atoms with E-state index in [-0.39, 0.29) is 12.4 Å². The van der Waals surface area contributed by atoms with E-state index < -0.39 is 5.60 Å². The van der Waals surface area contributed by atoms with Gasteiger partial charge in [0.1, 0.15) is 5.60 Å². The Bertz CT molecular complexity index is 512. The number of esters is 1. The van der Waals surface area contributed by atoms with Gasteiger partial charge in [-0.15, -0.1) is 0 Å². The third kappa shape index (κ3) is 5.90. The molecule has 0 aliphatic rings. The fourth-order valence-electron chi connectivity index (χ4n) is 1.92. The standard InChI is InChI=1S/C17H24O4/c1-12(10-16(18)21-17(2,3)4)9-13-7-8-14(19-5)15(11-13)20-6/h7-8,11H,1,9-10H2,2-6H3. The van der Waals surface area contributed by atoms with Gasteiger partial charge in [0.2, 0.25) is 0 Å². The molecule has 21 heavy (non-hydrogen) atoms. The maximum atomic E-state index is 11.8. The highest BCUT2D eigenvalue weighted by Crippen LogP contribution is 2.28. The predicted octanol–water partition coefficient (Wildman–Crippen LogP) is 3.53. The Labute approximate surface area is 126 Å². The highest BCUT2D eigenvalue weighted by atomic mass is 16.6. The molecule has 4 heteroatoms. The van der Waals surface area contributed by atoms with Crippen LogP contribution >= 0.6 is 0 Å². The average molecular weight is 292 g/mol. The summed E-state index contributed by atoms with van der Waals surface area (Å²) < 4.78 is 15.7. The van der Waals surface area contributed by atoms with Gasteiger partial charge in [-0.25, -0.2) is 0 Å². The minimum absolute atomic E-state index is 0.214. The zero-order valence-electron chi connectivity index (χ0n) is 13.5. The number of rotatable bonds is 6. The Morgan fingerprint density at radius 3 is 2.29 bits per heavy atom. The zero-order valence-corrected chi connectivity index (χ0v) is 13.5. The molecule has 0 radical (unpaired) electrons. The van der Waals surface area contributed by atoms with Crippen molar-refractivity contribution >= 4 is 5.97 Å². The summed E-state index contributed by atoms with van der Waals surface area (Å²) in [5.41, 5.74) is 1.35. The van der Waals surface area contributed by atoms with Gasteiger partial charge in [0, 0.05) is 0 Å². The lowest BCUT2D eigenvalue weighted by atomic mass is 10.0. The molecular formula is C17H24O4. The van der Waals surface area contributed by atoms with Crippen molar-refractivity contribution in [1.29, 1.82) is 0 Å². The Balaban J connectivity index is 2.65. The second-order valence-corrected chi connectivity index (χ2v) is 5.88. The van der Waals surface area contributed by atoms with Crippen molar-refractivity contribution in [3.63, 3.8) is 0 Å². The van der Waals surface area contributed by atoms with Crippen LogP contribution in [0.25, 0.3) is 0 Å². The number of carbonyl (C=O) groups is 1. The van der Waals surface area contributed by atoms with Crippen LogP contribution in [0.5, 0.6) is 11.5 Å². The number of hydrogen-bond acceptors (Lipinski definition) is 4.